The summed E-state index contributed by atoms with van der Waals surface area (Å²) in [6.07, 6.45) is 0. The zero-order valence-corrected chi connectivity index (χ0v) is 9.32. The number of nitrogens with zero attached hydrogens (tertiary/aromatic N) is 1. The van der Waals surface area contributed by atoms with Gasteiger partial charge in [-0.1, -0.05) is 23.7 Å². The highest BCUT2D eigenvalue weighted by atomic mass is 35.5. The number of aromatic amines is 1. The van der Waals surface area contributed by atoms with Gasteiger partial charge in [0.25, 0.3) is 5.91 Å². The molecular formula is C10H8ClN3O3. The second-order valence-electron chi connectivity index (χ2n) is 3.25. The van der Waals surface area contributed by atoms with Crippen molar-refractivity contribution in [2.75, 3.05) is 0 Å². The molecule has 1 aromatic heterocycles. The van der Waals surface area contributed by atoms with Crippen LogP contribution in [0.5, 0.6) is 0 Å². The standard InChI is InChI=1S/C10H8ClN3O3/c11-7-3-1-6(2-4-7)5-12-9(15)8-13-10(16)17-14-8/h1-4H,5H2,(H,12,15)(H,13,14,16). The molecule has 7 heteroatoms. The number of carbonyl (C=O) groups excluding carboxylic acids is 1. The van der Waals surface area contributed by atoms with E-state index >= 15 is 0 Å². The van der Waals surface area contributed by atoms with Gasteiger partial charge in [-0.2, -0.15) is 0 Å². The monoisotopic (exact) mass is 253 g/mol. The van der Waals surface area contributed by atoms with Gasteiger partial charge in [0.15, 0.2) is 0 Å². The number of aromatic nitrogens is 2. The van der Waals surface area contributed by atoms with Crippen molar-refractivity contribution in [3.05, 3.63) is 51.2 Å². The molecule has 1 heterocycles. The lowest BCUT2D eigenvalue weighted by molar-refractivity contribution is 0.0937. The molecule has 0 unspecified atom stereocenters. The van der Waals surface area contributed by atoms with Crippen LogP contribution >= 0.6 is 11.6 Å². The summed E-state index contributed by atoms with van der Waals surface area (Å²) in [5.74, 6) is -1.42. The molecule has 0 fully saturated rings. The number of halogens is 1. The molecule has 0 spiro atoms. The first-order chi connectivity index (χ1) is 8.15. The van der Waals surface area contributed by atoms with Crippen molar-refractivity contribution >= 4 is 17.5 Å². The Morgan fingerprint density at radius 1 is 1.41 bits per heavy atom. The van der Waals surface area contributed by atoms with Gasteiger partial charge in [-0.15, -0.1) is 0 Å². The number of amides is 1. The van der Waals surface area contributed by atoms with Gasteiger partial charge in [-0.05, 0) is 22.9 Å². The largest absolute Gasteiger partial charge is 0.439 e. The van der Waals surface area contributed by atoms with Crippen molar-refractivity contribution in [1.82, 2.24) is 15.5 Å². The number of H-pyrrole nitrogens is 1. The third kappa shape index (κ3) is 2.94. The van der Waals surface area contributed by atoms with Crippen LogP contribution in [0.15, 0.2) is 33.6 Å². The second kappa shape index (κ2) is 4.84. The van der Waals surface area contributed by atoms with Gasteiger partial charge in [0.2, 0.25) is 5.82 Å². The molecule has 88 valence electrons. The maximum absolute atomic E-state index is 11.5. The Kier molecular flexibility index (Phi) is 3.24. The van der Waals surface area contributed by atoms with Crippen molar-refractivity contribution in [2.45, 2.75) is 6.54 Å². The lowest BCUT2D eigenvalue weighted by Crippen LogP contribution is -2.24. The first kappa shape index (κ1) is 11.4. The van der Waals surface area contributed by atoms with Crippen LogP contribution in [0.3, 0.4) is 0 Å². The van der Waals surface area contributed by atoms with E-state index in [-0.39, 0.29) is 5.82 Å². The predicted octanol–water partition coefficient (Wildman–Crippen LogP) is 0.946. The summed E-state index contributed by atoms with van der Waals surface area (Å²) in [4.78, 5) is 24.3. The van der Waals surface area contributed by atoms with Crippen molar-refractivity contribution in [3.8, 4) is 0 Å². The Morgan fingerprint density at radius 3 is 2.71 bits per heavy atom. The van der Waals surface area contributed by atoms with E-state index in [1.54, 1.807) is 24.3 Å². The third-order valence-electron chi connectivity index (χ3n) is 2.02. The molecule has 1 amide bonds. The lowest BCUT2D eigenvalue weighted by atomic mass is 10.2. The molecule has 0 bridgehead atoms. The van der Waals surface area contributed by atoms with E-state index in [0.717, 1.165) is 5.56 Å². The Hall–Kier alpha value is -2.08. The van der Waals surface area contributed by atoms with Crippen LogP contribution in [-0.4, -0.2) is 16.0 Å². The maximum atomic E-state index is 11.5. The van der Waals surface area contributed by atoms with Gasteiger partial charge in [-0.3, -0.25) is 14.3 Å². The highest BCUT2D eigenvalue weighted by Gasteiger charge is 2.10. The molecule has 2 rings (SSSR count). The van der Waals surface area contributed by atoms with Gasteiger partial charge in [0, 0.05) is 11.6 Å². The molecule has 0 aliphatic heterocycles. The van der Waals surface area contributed by atoms with Crippen LogP contribution in [0.2, 0.25) is 5.02 Å². The van der Waals surface area contributed by atoms with Crippen LogP contribution in [0.25, 0.3) is 0 Å². The van der Waals surface area contributed by atoms with E-state index in [1.807, 2.05) is 0 Å². The molecule has 0 aliphatic carbocycles. The van der Waals surface area contributed by atoms with Gasteiger partial charge >= 0.3 is 5.76 Å². The molecular weight excluding hydrogens is 246 g/mol. The first-order valence-corrected chi connectivity index (χ1v) is 5.11. The van der Waals surface area contributed by atoms with E-state index in [2.05, 4.69) is 20.0 Å². The number of hydrogen-bond donors (Lipinski definition) is 2. The minimum atomic E-state index is -0.762. The number of rotatable bonds is 3. The molecule has 0 radical (unpaired) electrons. The van der Waals surface area contributed by atoms with E-state index in [0.29, 0.717) is 11.6 Å². The van der Waals surface area contributed by atoms with Crippen LogP contribution in [0.1, 0.15) is 16.2 Å². The Labute approximate surface area is 101 Å². The fraction of sp³-hybridized carbons (Fsp3) is 0.100. The molecule has 0 saturated heterocycles. The summed E-state index contributed by atoms with van der Waals surface area (Å²) >= 11 is 5.72. The van der Waals surface area contributed by atoms with Crippen molar-refractivity contribution < 1.29 is 9.32 Å². The Balaban J connectivity index is 1.96. The smallest absolute Gasteiger partial charge is 0.345 e. The average molecular weight is 254 g/mol. The van der Waals surface area contributed by atoms with Crippen LogP contribution in [0.4, 0.5) is 0 Å². The summed E-state index contributed by atoms with van der Waals surface area (Å²) in [6.45, 7) is 0.310. The van der Waals surface area contributed by atoms with E-state index < -0.39 is 11.7 Å². The zero-order chi connectivity index (χ0) is 12.3. The fourth-order valence-electron chi connectivity index (χ4n) is 1.20. The van der Waals surface area contributed by atoms with E-state index in [9.17, 15) is 9.59 Å². The third-order valence-corrected chi connectivity index (χ3v) is 2.27. The molecule has 1 aromatic carbocycles. The van der Waals surface area contributed by atoms with Crippen LogP contribution in [-0.2, 0) is 6.54 Å². The Morgan fingerprint density at radius 2 is 2.12 bits per heavy atom. The van der Waals surface area contributed by atoms with Crippen LogP contribution in [0, 0.1) is 0 Å². The summed E-state index contributed by atoms with van der Waals surface area (Å²) in [6, 6.07) is 7.02. The zero-order valence-electron chi connectivity index (χ0n) is 8.57. The summed E-state index contributed by atoms with van der Waals surface area (Å²) in [7, 11) is 0. The SMILES string of the molecule is O=C(NCc1ccc(Cl)cc1)c1noc(=O)[nH]1. The molecule has 2 aromatic rings. The Bertz CT molecular complexity index is 573. The lowest BCUT2D eigenvalue weighted by Gasteiger charge is -2.02. The van der Waals surface area contributed by atoms with Crippen molar-refractivity contribution in [2.24, 2.45) is 0 Å². The molecule has 0 aliphatic rings. The summed E-state index contributed by atoms with van der Waals surface area (Å²) < 4.78 is 4.21. The number of carbonyl (C=O) groups is 1. The van der Waals surface area contributed by atoms with E-state index in [1.165, 1.54) is 0 Å². The summed E-state index contributed by atoms with van der Waals surface area (Å²) in [5, 5.41) is 6.47. The number of nitrogens with one attached hydrogen (secondary N) is 2. The predicted molar refractivity (Wildman–Crippen MR) is 59.7 cm³/mol. The molecule has 0 saturated carbocycles. The first-order valence-electron chi connectivity index (χ1n) is 4.74. The maximum Gasteiger partial charge on any atom is 0.439 e. The minimum Gasteiger partial charge on any atom is -0.345 e. The normalized spacial score (nSPS) is 10.2. The minimum absolute atomic E-state index is 0.149. The van der Waals surface area contributed by atoms with E-state index in [4.69, 9.17) is 11.6 Å². The van der Waals surface area contributed by atoms with Gasteiger partial charge in [0.05, 0.1) is 0 Å². The van der Waals surface area contributed by atoms with Gasteiger partial charge in [-0.25, -0.2) is 4.79 Å². The molecule has 6 nitrogen and oxygen atoms in total. The summed E-state index contributed by atoms with van der Waals surface area (Å²) in [5.41, 5.74) is 0.883. The van der Waals surface area contributed by atoms with Gasteiger partial charge in [0.1, 0.15) is 0 Å². The van der Waals surface area contributed by atoms with Crippen molar-refractivity contribution in [3.63, 3.8) is 0 Å². The fourth-order valence-corrected chi connectivity index (χ4v) is 1.32. The van der Waals surface area contributed by atoms with Crippen LogP contribution < -0.4 is 11.1 Å². The molecule has 17 heavy (non-hydrogen) atoms. The molecule has 0 atom stereocenters. The molecule has 2 N–H and O–H groups in total. The average Bonchev–Trinajstić information content (AvgIpc) is 2.75. The number of hydrogen-bond acceptors (Lipinski definition) is 4. The second-order valence-corrected chi connectivity index (χ2v) is 3.69. The quantitative estimate of drug-likeness (QED) is 0.852. The topological polar surface area (TPSA) is 88.0 Å². The van der Waals surface area contributed by atoms with Crippen molar-refractivity contribution in [1.29, 1.82) is 0 Å². The highest BCUT2D eigenvalue weighted by Crippen LogP contribution is 2.09. The number of benzene rings is 1. The van der Waals surface area contributed by atoms with Gasteiger partial charge < -0.3 is 5.32 Å². The highest BCUT2D eigenvalue weighted by molar-refractivity contribution is 6.30.